The van der Waals surface area contributed by atoms with Crippen molar-refractivity contribution < 1.29 is 24.4 Å². The Bertz CT molecular complexity index is 1080. The fraction of sp³-hybridized carbons (Fsp3) is 0.150. The van der Waals surface area contributed by atoms with Crippen LogP contribution in [0.2, 0.25) is 0 Å². The first-order valence-electron chi connectivity index (χ1n) is 8.59. The van der Waals surface area contributed by atoms with E-state index in [0.29, 0.717) is 10.9 Å². The van der Waals surface area contributed by atoms with Gasteiger partial charge < -0.3 is 15.2 Å². The van der Waals surface area contributed by atoms with E-state index in [0.717, 1.165) is 0 Å². The number of nitrogens with one attached hydrogen (secondary N) is 1. The zero-order chi connectivity index (χ0) is 21.0. The summed E-state index contributed by atoms with van der Waals surface area (Å²) in [6, 6.07) is 11.1. The van der Waals surface area contributed by atoms with Gasteiger partial charge in [-0.2, -0.15) is 0 Å². The standard InChI is InChI=1S/C20H17N3O6/c1-29-20(26)16(11-12-4-7-14(8-5-12)23(27)28)22-19(25)15-9-6-13-3-2-10-21-17(13)18(15)24/h2-10,16,24H,11H2,1H3,(H,22,25)/t16-/m0/s1. The van der Waals surface area contributed by atoms with Crippen molar-refractivity contribution in [3.8, 4) is 5.75 Å². The number of non-ortho nitro benzene ring substituents is 1. The molecule has 1 aromatic heterocycles. The first-order valence-corrected chi connectivity index (χ1v) is 8.59. The Morgan fingerprint density at radius 2 is 1.93 bits per heavy atom. The number of amides is 1. The molecular formula is C20H17N3O6. The third-order valence-electron chi connectivity index (χ3n) is 4.37. The van der Waals surface area contributed by atoms with Crippen molar-refractivity contribution in [2.45, 2.75) is 12.5 Å². The second kappa shape index (κ2) is 8.34. The van der Waals surface area contributed by atoms with Gasteiger partial charge in [0, 0.05) is 30.1 Å². The van der Waals surface area contributed by atoms with Gasteiger partial charge in [0.25, 0.3) is 11.6 Å². The third-order valence-corrected chi connectivity index (χ3v) is 4.37. The number of phenols is 1. The lowest BCUT2D eigenvalue weighted by Gasteiger charge is -2.17. The van der Waals surface area contributed by atoms with Crippen LogP contribution in [0, 0.1) is 10.1 Å². The molecular weight excluding hydrogens is 378 g/mol. The van der Waals surface area contributed by atoms with Gasteiger partial charge >= 0.3 is 5.97 Å². The molecule has 1 amide bonds. The van der Waals surface area contributed by atoms with Crippen LogP contribution < -0.4 is 5.32 Å². The molecule has 0 fully saturated rings. The summed E-state index contributed by atoms with van der Waals surface area (Å²) in [6.45, 7) is 0. The van der Waals surface area contributed by atoms with E-state index in [2.05, 4.69) is 10.3 Å². The highest BCUT2D eigenvalue weighted by Crippen LogP contribution is 2.26. The molecule has 0 radical (unpaired) electrons. The van der Waals surface area contributed by atoms with Crippen molar-refractivity contribution in [1.82, 2.24) is 10.3 Å². The summed E-state index contributed by atoms with van der Waals surface area (Å²) in [5.41, 5.74) is 0.746. The van der Waals surface area contributed by atoms with Crippen molar-refractivity contribution in [3.63, 3.8) is 0 Å². The molecule has 0 bridgehead atoms. The summed E-state index contributed by atoms with van der Waals surface area (Å²) in [4.78, 5) is 39.1. The highest BCUT2D eigenvalue weighted by atomic mass is 16.6. The highest BCUT2D eigenvalue weighted by molar-refractivity contribution is 6.03. The number of aromatic nitrogens is 1. The fourth-order valence-electron chi connectivity index (χ4n) is 2.87. The summed E-state index contributed by atoms with van der Waals surface area (Å²) < 4.78 is 4.75. The minimum Gasteiger partial charge on any atom is -0.505 e. The molecule has 29 heavy (non-hydrogen) atoms. The topological polar surface area (TPSA) is 132 Å². The van der Waals surface area contributed by atoms with Crippen LogP contribution >= 0.6 is 0 Å². The number of fused-ring (bicyclic) bond motifs is 1. The highest BCUT2D eigenvalue weighted by Gasteiger charge is 2.25. The quantitative estimate of drug-likeness (QED) is 0.372. The molecule has 0 saturated carbocycles. The van der Waals surface area contributed by atoms with Crippen LogP contribution in [-0.4, -0.2) is 40.0 Å². The maximum atomic E-state index is 12.7. The van der Waals surface area contributed by atoms with Crippen LogP contribution in [0.25, 0.3) is 10.9 Å². The molecule has 3 rings (SSSR count). The second-order valence-electron chi connectivity index (χ2n) is 6.21. The Morgan fingerprint density at radius 1 is 1.21 bits per heavy atom. The summed E-state index contributed by atoms with van der Waals surface area (Å²) in [7, 11) is 1.19. The zero-order valence-corrected chi connectivity index (χ0v) is 15.4. The van der Waals surface area contributed by atoms with Crippen molar-refractivity contribution >= 4 is 28.5 Å². The van der Waals surface area contributed by atoms with E-state index in [9.17, 15) is 24.8 Å². The maximum absolute atomic E-state index is 12.7. The van der Waals surface area contributed by atoms with Gasteiger partial charge in [-0.15, -0.1) is 0 Å². The van der Waals surface area contributed by atoms with Crippen LogP contribution in [-0.2, 0) is 16.0 Å². The largest absolute Gasteiger partial charge is 0.505 e. The molecule has 0 spiro atoms. The molecule has 2 aromatic carbocycles. The normalized spacial score (nSPS) is 11.6. The van der Waals surface area contributed by atoms with Crippen LogP contribution in [0.3, 0.4) is 0 Å². The van der Waals surface area contributed by atoms with Crippen LogP contribution in [0.4, 0.5) is 5.69 Å². The minimum atomic E-state index is -1.05. The maximum Gasteiger partial charge on any atom is 0.328 e. The van der Waals surface area contributed by atoms with Gasteiger partial charge in [0.2, 0.25) is 0 Å². The number of carbonyl (C=O) groups excluding carboxylic acids is 2. The van der Waals surface area contributed by atoms with Gasteiger partial charge in [0.05, 0.1) is 17.6 Å². The number of esters is 1. The summed E-state index contributed by atoms with van der Waals surface area (Å²) in [5, 5.41) is 24.4. The Hall–Kier alpha value is -4.01. The first kappa shape index (κ1) is 19.7. The van der Waals surface area contributed by atoms with Gasteiger partial charge in [0.15, 0.2) is 5.75 Å². The van der Waals surface area contributed by atoms with Crippen LogP contribution in [0.15, 0.2) is 54.7 Å². The monoisotopic (exact) mass is 395 g/mol. The minimum absolute atomic E-state index is 0.0335. The fourth-order valence-corrected chi connectivity index (χ4v) is 2.87. The molecule has 0 aliphatic carbocycles. The number of ether oxygens (including phenoxy) is 1. The van der Waals surface area contributed by atoms with Crippen molar-refractivity contribution in [3.05, 3.63) is 76.0 Å². The number of hydrogen-bond acceptors (Lipinski definition) is 7. The zero-order valence-electron chi connectivity index (χ0n) is 15.4. The number of methoxy groups -OCH3 is 1. The van der Waals surface area contributed by atoms with Gasteiger partial charge in [-0.05, 0) is 17.7 Å². The van der Waals surface area contributed by atoms with E-state index in [1.165, 1.54) is 43.6 Å². The number of nitro groups is 1. The van der Waals surface area contributed by atoms with Gasteiger partial charge in [-0.25, -0.2) is 4.79 Å². The first-order chi connectivity index (χ1) is 13.9. The number of carbonyl (C=O) groups is 2. The number of nitrogens with zero attached hydrogens (tertiary/aromatic N) is 2. The number of phenolic OH excluding ortho intramolecular Hbond substituents is 1. The smallest absolute Gasteiger partial charge is 0.328 e. The Morgan fingerprint density at radius 3 is 2.59 bits per heavy atom. The number of pyridine rings is 1. The van der Waals surface area contributed by atoms with E-state index in [1.807, 2.05) is 0 Å². The van der Waals surface area contributed by atoms with E-state index >= 15 is 0 Å². The van der Waals surface area contributed by atoms with Gasteiger partial charge in [-0.1, -0.05) is 24.3 Å². The Labute approximate surface area is 165 Å². The number of aromatic hydroxyl groups is 1. The number of hydrogen-bond donors (Lipinski definition) is 2. The van der Waals surface area contributed by atoms with Crippen molar-refractivity contribution in [1.29, 1.82) is 0 Å². The number of nitro benzene ring substituents is 1. The van der Waals surface area contributed by atoms with Crippen molar-refractivity contribution in [2.75, 3.05) is 7.11 Å². The molecule has 0 saturated heterocycles. The summed E-state index contributed by atoms with van der Waals surface area (Å²) in [6.07, 6.45) is 1.55. The van der Waals surface area contributed by atoms with Gasteiger partial charge in [-0.3, -0.25) is 19.9 Å². The Kier molecular flexibility index (Phi) is 5.68. The third kappa shape index (κ3) is 4.29. The van der Waals surface area contributed by atoms with E-state index in [-0.39, 0.29) is 28.9 Å². The molecule has 2 N–H and O–H groups in total. The van der Waals surface area contributed by atoms with E-state index in [1.54, 1.807) is 18.2 Å². The van der Waals surface area contributed by atoms with Crippen LogP contribution in [0.1, 0.15) is 15.9 Å². The molecule has 1 heterocycles. The van der Waals surface area contributed by atoms with Crippen molar-refractivity contribution in [2.24, 2.45) is 0 Å². The summed E-state index contributed by atoms with van der Waals surface area (Å²) in [5.74, 6) is -1.65. The molecule has 0 aliphatic heterocycles. The van der Waals surface area contributed by atoms with E-state index in [4.69, 9.17) is 4.74 Å². The molecule has 1 atom stereocenters. The SMILES string of the molecule is COC(=O)[C@H](Cc1ccc([N+](=O)[O-])cc1)NC(=O)c1ccc2cccnc2c1O. The molecule has 0 aliphatic rings. The average Bonchev–Trinajstić information content (AvgIpc) is 2.73. The molecule has 148 valence electrons. The van der Waals surface area contributed by atoms with E-state index < -0.39 is 22.8 Å². The molecule has 9 heteroatoms. The average molecular weight is 395 g/mol. The molecule has 9 nitrogen and oxygen atoms in total. The predicted molar refractivity (Wildman–Crippen MR) is 103 cm³/mol. The number of benzene rings is 2. The second-order valence-corrected chi connectivity index (χ2v) is 6.21. The predicted octanol–water partition coefficient (Wildman–Crippen LogP) is 2.36. The molecule has 0 unspecified atom stereocenters. The lowest BCUT2D eigenvalue weighted by molar-refractivity contribution is -0.384. The lowest BCUT2D eigenvalue weighted by atomic mass is 10.0. The molecule has 3 aromatic rings. The van der Waals surface area contributed by atoms with Gasteiger partial charge in [0.1, 0.15) is 11.6 Å². The summed E-state index contributed by atoms with van der Waals surface area (Å²) >= 11 is 0. The van der Waals surface area contributed by atoms with Crippen LogP contribution in [0.5, 0.6) is 5.75 Å². The lowest BCUT2D eigenvalue weighted by Crippen LogP contribution is -2.43. The Balaban J connectivity index is 1.83. The number of rotatable bonds is 6.